The lowest BCUT2D eigenvalue weighted by Crippen LogP contribution is -2.45. The first kappa shape index (κ1) is 17.3. The summed E-state index contributed by atoms with van der Waals surface area (Å²) in [4.78, 5) is 12.1. The molecule has 0 aromatic heterocycles. The zero-order chi connectivity index (χ0) is 13.5. The van der Waals surface area contributed by atoms with E-state index in [9.17, 15) is 4.79 Å². The molecule has 3 nitrogen and oxygen atoms in total. The zero-order valence-corrected chi connectivity index (χ0v) is 13.5. The van der Waals surface area contributed by atoms with Crippen LogP contribution in [0, 0.1) is 0 Å². The number of piperidine rings is 1. The summed E-state index contributed by atoms with van der Waals surface area (Å²) in [6, 6.07) is 8.23. The summed E-state index contributed by atoms with van der Waals surface area (Å²) in [6.07, 6.45) is 2.21. The highest BCUT2D eigenvalue weighted by atomic mass is 35.5. The van der Waals surface area contributed by atoms with E-state index in [1.54, 1.807) is 0 Å². The number of amides is 1. The molecule has 0 spiro atoms. The Balaban J connectivity index is 0.00000200. The Hall–Kier alpha value is -0.710. The Labute approximate surface area is 131 Å². The minimum Gasteiger partial charge on any atom is -0.348 e. The molecular weight excluding hydrogens is 292 g/mol. The van der Waals surface area contributed by atoms with Gasteiger partial charge in [-0.2, -0.15) is 11.8 Å². The average molecular weight is 315 g/mol. The van der Waals surface area contributed by atoms with Crippen LogP contribution in [-0.4, -0.2) is 30.8 Å². The van der Waals surface area contributed by atoms with Gasteiger partial charge in [-0.15, -0.1) is 12.4 Å². The second-order valence-electron chi connectivity index (χ2n) is 4.85. The van der Waals surface area contributed by atoms with Crippen molar-refractivity contribution in [3.63, 3.8) is 0 Å². The molecule has 1 saturated heterocycles. The highest BCUT2D eigenvalue weighted by Gasteiger charge is 2.16. The lowest BCUT2D eigenvalue weighted by molar-refractivity contribution is 0.0930. The molecule has 1 atom stereocenters. The normalized spacial score (nSPS) is 18.1. The fourth-order valence-electron chi connectivity index (χ4n) is 2.22. The van der Waals surface area contributed by atoms with Gasteiger partial charge in [0.1, 0.15) is 0 Å². The highest BCUT2D eigenvalue weighted by Crippen LogP contribution is 2.13. The molecule has 1 aliphatic heterocycles. The Morgan fingerprint density at radius 1 is 1.40 bits per heavy atom. The van der Waals surface area contributed by atoms with Gasteiger partial charge >= 0.3 is 0 Å². The molecule has 1 aliphatic rings. The predicted molar refractivity (Wildman–Crippen MR) is 88.9 cm³/mol. The van der Waals surface area contributed by atoms with Crippen molar-refractivity contribution in [1.29, 1.82) is 0 Å². The van der Waals surface area contributed by atoms with Crippen molar-refractivity contribution in [3.8, 4) is 0 Å². The van der Waals surface area contributed by atoms with Gasteiger partial charge < -0.3 is 10.6 Å². The third kappa shape index (κ3) is 5.35. The summed E-state index contributed by atoms with van der Waals surface area (Å²) >= 11 is 1.90. The van der Waals surface area contributed by atoms with Crippen LogP contribution >= 0.6 is 24.2 Å². The van der Waals surface area contributed by atoms with Crippen molar-refractivity contribution >= 4 is 30.1 Å². The van der Waals surface area contributed by atoms with Crippen molar-refractivity contribution < 1.29 is 4.79 Å². The Morgan fingerprint density at radius 2 is 2.15 bits per heavy atom. The molecule has 2 rings (SSSR count). The Kier molecular flexibility index (Phi) is 8.04. The summed E-state index contributed by atoms with van der Waals surface area (Å²) in [5.41, 5.74) is 2.04. The molecule has 0 aliphatic carbocycles. The average Bonchev–Trinajstić information content (AvgIpc) is 2.46. The lowest BCUT2D eigenvalue weighted by Gasteiger charge is -2.23. The first-order valence-electron chi connectivity index (χ1n) is 6.98. The number of hydrogen-bond donors (Lipinski definition) is 2. The number of benzene rings is 1. The van der Waals surface area contributed by atoms with Gasteiger partial charge in [-0.1, -0.05) is 19.1 Å². The predicted octanol–water partition coefficient (Wildman–Crippen LogP) is 2.84. The first-order valence-corrected chi connectivity index (χ1v) is 8.13. The SMILES string of the molecule is CCSCc1ccc(C(=O)NC2CCCNC2)cc1.Cl. The Morgan fingerprint density at radius 3 is 2.75 bits per heavy atom. The van der Waals surface area contributed by atoms with Gasteiger partial charge in [0.2, 0.25) is 0 Å². The number of rotatable bonds is 5. The second-order valence-corrected chi connectivity index (χ2v) is 6.13. The smallest absolute Gasteiger partial charge is 0.251 e. The highest BCUT2D eigenvalue weighted by molar-refractivity contribution is 7.98. The van der Waals surface area contributed by atoms with E-state index in [2.05, 4.69) is 29.7 Å². The van der Waals surface area contributed by atoms with Gasteiger partial charge in [-0.05, 0) is 42.8 Å². The van der Waals surface area contributed by atoms with Crippen LogP contribution in [0.5, 0.6) is 0 Å². The monoisotopic (exact) mass is 314 g/mol. The number of hydrogen-bond acceptors (Lipinski definition) is 3. The van der Waals surface area contributed by atoms with Crippen LogP contribution in [-0.2, 0) is 5.75 Å². The van der Waals surface area contributed by atoms with Crippen LogP contribution in [0.3, 0.4) is 0 Å². The van der Waals surface area contributed by atoms with Crippen molar-refractivity contribution in [1.82, 2.24) is 10.6 Å². The number of carbonyl (C=O) groups is 1. The molecule has 1 amide bonds. The molecule has 1 aromatic rings. The molecular formula is C15H23ClN2OS. The molecule has 1 heterocycles. The number of nitrogens with one attached hydrogen (secondary N) is 2. The summed E-state index contributed by atoms with van der Waals surface area (Å²) in [6.45, 7) is 4.11. The molecule has 112 valence electrons. The quantitative estimate of drug-likeness (QED) is 0.878. The second kappa shape index (κ2) is 9.27. The van der Waals surface area contributed by atoms with Gasteiger partial charge in [-0.25, -0.2) is 0 Å². The van der Waals surface area contributed by atoms with E-state index in [0.717, 1.165) is 43.0 Å². The fourth-order valence-corrected chi connectivity index (χ4v) is 2.85. The molecule has 1 fully saturated rings. The standard InChI is InChI=1S/C15H22N2OS.ClH/c1-2-19-11-12-5-7-13(8-6-12)15(18)17-14-4-3-9-16-10-14;/h5-8,14,16H,2-4,9-11H2,1H3,(H,17,18);1H. The minimum absolute atomic E-state index is 0. The van der Waals surface area contributed by atoms with Crippen molar-refractivity contribution in [3.05, 3.63) is 35.4 Å². The van der Waals surface area contributed by atoms with E-state index in [1.807, 2.05) is 23.9 Å². The van der Waals surface area contributed by atoms with E-state index in [-0.39, 0.29) is 24.4 Å². The number of thioether (sulfide) groups is 1. The number of halogens is 1. The van der Waals surface area contributed by atoms with E-state index in [0.29, 0.717) is 0 Å². The molecule has 1 unspecified atom stereocenters. The van der Waals surface area contributed by atoms with E-state index in [4.69, 9.17) is 0 Å². The number of carbonyl (C=O) groups excluding carboxylic acids is 1. The van der Waals surface area contributed by atoms with Crippen LogP contribution in [0.25, 0.3) is 0 Å². The van der Waals surface area contributed by atoms with Crippen LogP contribution in [0.2, 0.25) is 0 Å². The molecule has 1 aromatic carbocycles. The Bertz CT molecular complexity index is 405. The maximum Gasteiger partial charge on any atom is 0.251 e. The maximum atomic E-state index is 12.1. The molecule has 0 saturated carbocycles. The van der Waals surface area contributed by atoms with Crippen LogP contribution in [0.1, 0.15) is 35.7 Å². The van der Waals surface area contributed by atoms with E-state index >= 15 is 0 Å². The van der Waals surface area contributed by atoms with E-state index in [1.165, 1.54) is 5.56 Å². The van der Waals surface area contributed by atoms with E-state index < -0.39 is 0 Å². The third-order valence-electron chi connectivity index (χ3n) is 3.32. The summed E-state index contributed by atoms with van der Waals surface area (Å²) in [7, 11) is 0. The topological polar surface area (TPSA) is 41.1 Å². The summed E-state index contributed by atoms with van der Waals surface area (Å²) < 4.78 is 0. The minimum atomic E-state index is 0. The van der Waals surface area contributed by atoms with Crippen molar-refractivity contribution in [2.24, 2.45) is 0 Å². The van der Waals surface area contributed by atoms with Gasteiger partial charge in [0.15, 0.2) is 0 Å². The summed E-state index contributed by atoms with van der Waals surface area (Å²) in [5, 5.41) is 6.40. The summed E-state index contributed by atoms with van der Waals surface area (Å²) in [5.74, 6) is 2.19. The molecule has 2 N–H and O–H groups in total. The van der Waals surface area contributed by atoms with Gasteiger partial charge in [0.05, 0.1) is 0 Å². The van der Waals surface area contributed by atoms with Gasteiger partial charge in [0, 0.05) is 23.9 Å². The van der Waals surface area contributed by atoms with Gasteiger partial charge in [-0.3, -0.25) is 4.79 Å². The van der Waals surface area contributed by atoms with Crippen molar-refractivity contribution in [2.75, 3.05) is 18.8 Å². The van der Waals surface area contributed by atoms with Crippen molar-refractivity contribution in [2.45, 2.75) is 31.6 Å². The fraction of sp³-hybridized carbons (Fsp3) is 0.533. The van der Waals surface area contributed by atoms with Crippen LogP contribution in [0.15, 0.2) is 24.3 Å². The molecule has 0 radical (unpaired) electrons. The molecule has 0 bridgehead atoms. The lowest BCUT2D eigenvalue weighted by atomic mass is 10.1. The van der Waals surface area contributed by atoms with Crippen LogP contribution in [0.4, 0.5) is 0 Å². The molecule has 20 heavy (non-hydrogen) atoms. The molecule has 5 heteroatoms. The maximum absolute atomic E-state index is 12.1. The van der Waals surface area contributed by atoms with Crippen LogP contribution < -0.4 is 10.6 Å². The largest absolute Gasteiger partial charge is 0.348 e. The first-order chi connectivity index (χ1) is 9.29. The third-order valence-corrected chi connectivity index (χ3v) is 4.27. The van der Waals surface area contributed by atoms with Gasteiger partial charge in [0.25, 0.3) is 5.91 Å². The zero-order valence-electron chi connectivity index (χ0n) is 11.9.